The zero-order valence-corrected chi connectivity index (χ0v) is 13.2. The molecule has 1 N–H and O–H groups in total. The second-order valence-electron chi connectivity index (χ2n) is 5.49. The van der Waals surface area contributed by atoms with Gasteiger partial charge in [-0.1, -0.05) is 12.1 Å². The number of ether oxygens (including phenoxy) is 2. The molecule has 1 unspecified atom stereocenters. The van der Waals surface area contributed by atoms with Gasteiger partial charge in [0.15, 0.2) is 0 Å². The minimum absolute atomic E-state index is 0.357. The quantitative estimate of drug-likeness (QED) is 0.832. The van der Waals surface area contributed by atoms with Crippen molar-refractivity contribution in [3.8, 4) is 5.75 Å². The van der Waals surface area contributed by atoms with Gasteiger partial charge in [0.25, 0.3) is 0 Å². The summed E-state index contributed by atoms with van der Waals surface area (Å²) in [7, 11) is 0. The highest BCUT2D eigenvalue weighted by Gasteiger charge is 2.27. The summed E-state index contributed by atoms with van der Waals surface area (Å²) in [6, 6.07) is 7.80. The topological polar surface area (TPSA) is 62.2 Å². The minimum atomic E-state index is -0.386. The standard InChI is InChI=1S/C16H24N2O4/c1-13-4-3-5-15(12-13)21-11-9-18-16(20)22-10-8-17(18)7-6-14(2)19/h3-5,12,14,19H,6-11H2,1-2H3. The van der Waals surface area contributed by atoms with Crippen LogP contribution in [0, 0.1) is 6.92 Å². The largest absolute Gasteiger partial charge is 0.492 e. The van der Waals surface area contributed by atoms with Gasteiger partial charge >= 0.3 is 6.09 Å². The van der Waals surface area contributed by atoms with E-state index in [1.54, 1.807) is 11.9 Å². The molecule has 1 amide bonds. The van der Waals surface area contributed by atoms with Crippen LogP contribution in [0.4, 0.5) is 4.79 Å². The van der Waals surface area contributed by atoms with Gasteiger partial charge in [0.1, 0.15) is 19.0 Å². The lowest BCUT2D eigenvalue weighted by molar-refractivity contribution is -0.0764. The summed E-state index contributed by atoms with van der Waals surface area (Å²) < 4.78 is 10.8. The van der Waals surface area contributed by atoms with E-state index >= 15 is 0 Å². The monoisotopic (exact) mass is 308 g/mol. The Balaban J connectivity index is 1.85. The van der Waals surface area contributed by atoms with Crippen LogP contribution in [0.3, 0.4) is 0 Å². The van der Waals surface area contributed by atoms with Gasteiger partial charge < -0.3 is 14.6 Å². The minimum Gasteiger partial charge on any atom is -0.492 e. The average Bonchev–Trinajstić information content (AvgIpc) is 2.47. The van der Waals surface area contributed by atoms with Crippen molar-refractivity contribution in [1.82, 2.24) is 10.0 Å². The van der Waals surface area contributed by atoms with Crippen molar-refractivity contribution in [2.24, 2.45) is 0 Å². The molecule has 1 fully saturated rings. The summed E-state index contributed by atoms with van der Waals surface area (Å²) in [6.07, 6.45) is -0.129. The molecule has 0 aromatic heterocycles. The fourth-order valence-corrected chi connectivity index (χ4v) is 2.31. The molecule has 0 aliphatic carbocycles. The van der Waals surface area contributed by atoms with Crippen LogP contribution in [0.1, 0.15) is 18.9 Å². The van der Waals surface area contributed by atoms with Crippen LogP contribution in [0.2, 0.25) is 0 Å². The number of hydrazine groups is 1. The highest BCUT2D eigenvalue weighted by molar-refractivity contribution is 5.67. The summed E-state index contributed by atoms with van der Waals surface area (Å²) in [6.45, 7) is 6.21. The fourth-order valence-electron chi connectivity index (χ4n) is 2.31. The summed E-state index contributed by atoms with van der Waals surface area (Å²) in [5, 5.41) is 12.9. The van der Waals surface area contributed by atoms with E-state index in [1.807, 2.05) is 36.2 Å². The Bertz CT molecular complexity index is 493. The number of hydrogen-bond donors (Lipinski definition) is 1. The zero-order valence-electron chi connectivity index (χ0n) is 13.2. The number of carbonyl (C=O) groups is 1. The number of carbonyl (C=O) groups excluding carboxylic acids is 1. The van der Waals surface area contributed by atoms with E-state index < -0.39 is 0 Å². The van der Waals surface area contributed by atoms with E-state index in [2.05, 4.69) is 0 Å². The van der Waals surface area contributed by atoms with Gasteiger partial charge in [0.05, 0.1) is 19.2 Å². The molecule has 6 nitrogen and oxygen atoms in total. The molecular weight excluding hydrogens is 284 g/mol. The molecule has 0 radical (unpaired) electrons. The van der Waals surface area contributed by atoms with Gasteiger partial charge in [-0.2, -0.15) is 0 Å². The summed E-state index contributed by atoms with van der Waals surface area (Å²) in [4.78, 5) is 11.9. The number of benzene rings is 1. The number of amides is 1. The first-order valence-electron chi connectivity index (χ1n) is 7.63. The maximum atomic E-state index is 11.9. The number of cyclic esters (lactones) is 1. The summed E-state index contributed by atoms with van der Waals surface area (Å²) >= 11 is 0. The number of hydrogen-bond acceptors (Lipinski definition) is 5. The Hall–Kier alpha value is -1.79. The van der Waals surface area contributed by atoms with Crippen LogP contribution >= 0.6 is 0 Å². The third kappa shape index (κ3) is 4.89. The lowest BCUT2D eigenvalue weighted by Gasteiger charge is -2.37. The normalized spacial score (nSPS) is 17.2. The molecule has 1 aliphatic rings. The van der Waals surface area contributed by atoms with Crippen molar-refractivity contribution in [3.05, 3.63) is 29.8 Å². The molecule has 2 rings (SSSR count). The van der Waals surface area contributed by atoms with Gasteiger partial charge in [-0.3, -0.25) is 0 Å². The number of aryl methyl sites for hydroxylation is 1. The molecule has 0 bridgehead atoms. The van der Waals surface area contributed by atoms with Crippen molar-refractivity contribution in [2.45, 2.75) is 26.4 Å². The first-order chi connectivity index (χ1) is 10.6. The molecule has 0 spiro atoms. The summed E-state index contributed by atoms with van der Waals surface area (Å²) in [5.41, 5.74) is 1.13. The van der Waals surface area contributed by atoms with Crippen molar-refractivity contribution in [3.63, 3.8) is 0 Å². The lowest BCUT2D eigenvalue weighted by Crippen LogP contribution is -2.54. The van der Waals surface area contributed by atoms with Crippen LogP contribution in [0.15, 0.2) is 24.3 Å². The number of rotatable bonds is 7. The molecule has 122 valence electrons. The van der Waals surface area contributed by atoms with Crippen molar-refractivity contribution in [1.29, 1.82) is 0 Å². The third-order valence-electron chi connectivity index (χ3n) is 3.49. The van der Waals surface area contributed by atoms with Crippen LogP contribution < -0.4 is 4.74 Å². The van der Waals surface area contributed by atoms with Crippen LogP contribution in [-0.4, -0.2) is 60.2 Å². The smallest absolute Gasteiger partial charge is 0.424 e. The van der Waals surface area contributed by atoms with Gasteiger partial charge in [-0.25, -0.2) is 14.8 Å². The predicted octanol–water partition coefficient (Wildman–Crippen LogP) is 1.81. The highest BCUT2D eigenvalue weighted by Crippen LogP contribution is 2.13. The maximum absolute atomic E-state index is 11.9. The fraction of sp³-hybridized carbons (Fsp3) is 0.562. The van der Waals surface area contributed by atoms with Crippen molar-refractivity contribution in [2.75, 3.05) is 32.8 Å². The molecular formula is C16H24N2O4. The van der Waals surface area contributed by atoms with E-state index in [0.29, 0.717) is 39.3 Å². The van der Waals surface area contributed by atoms with Gasteiger partial charge in [-0.05, 0) is 38.0 Å². The van der Waals surface area contributed by atoms with Gasteiger partial charge in [-0.15, -0.1) is 0 Å². The van der Waals surface area contributed by atoms with Crippen molar-refractivity contribution < 1.29 is 19.4 Å². The Kier molecular flexibility index (Phi) is 6.03. The van der Waals surface area contributed by atoms with E-state index in [9.17, 15) is 9.90 Å². The number of nitrogens with zero attached hydrogens (tertiary/aromatic N) is 2. The van der Waals surface area contributed by atoms with Crippen LogP contribution in [-0.2, 0) is 4.74 Å². The number of aliphatic hydroxyl groups is 1. The molecule has 1 saturated heterocycles. The SMILES string of the molecule is Cc1cccc(OCCN2C(=O)OCCN2CCC(C)O)c1. The van der Waals surface area contributed by atoms with Crippen LogP contribution in [0.5, 0.6) is 5.75 Å². The maximum Gasteiger partial charge on any atom is 0.424 e. The molecule has 6 heteroatoms. The molecule has 0 saturated carbocycles. The Morgan fingerprint density at radius 3 is 2.95 bits per heavy atom. The summed E-state index contributed by atoms with van der Waals surface area (Å²) in [5.74, 6) is 0.793. The van der Waals surface area contributed by atoms with E-state index in [1.165, 1.54) is 0 Å². The molecule has 22 heavy (non-hydrogen) atoms. The third-order valence-corrected chi connectivity index (χ3v) is 3.49. The second kappa shape index (κ2) is 8.00. The molecule has 1 atom stereocenters. The highest BCUT2D eigenvalue weighted by atomic mass is 16.6. The van der Waals surface area contributed by atoms with Crippen LogP contribution in [0.25, 0.3) is 0 Å². The lowest BCUT2D eigenvalue weighted by atomic mass is 10.2. The molecule has 1 aliphatic heterocycles. The van der Waals surface area contributed by atoms with Gasteiger partial charge in [0, 0.05) is 6.54 Å². The molecule has 1 heterocycles. The van der Waals surface area contributed by atoms with E-state index in [-0.39, 0.29) is 12.2 Å². The molecule has 1 aromatic rings. The average molecular weight is 308 g/mol. The second-order valence-corrected chi connectivity index (χ2v) is 5.49. The zero-order chi connectivity index (χ0) is 15.9. The van der Waals surface area contributed by atoms with E-state index in [4.69, 9.17) is 9.47 Å². The van der Waals surface area contributed by atoms with Crippen molar-refractivity contribution >= 4 is 6.09 Å². The Labute approximate surface area is 131 Å². The van der Waals surface area contributed by atoms with Gasteiger partial charge in [0.2, 0.25) is 0 Å². The number of aliphatic hydroxyl groups excluding tert-OH is 1. The predicted molar refractivity (Wildman–Crippen MR) is 82.6 cm³/mol. The molecule has 1 aromatic carbocycles. The van der Waals surface area contributed by atoms with E-state index in [0.717, 1.165) is 11.3 Å². The first kappa shape index (κ1) is 16.6. The Morgan fingerprint density at radius 1 is 1.41 bits per heavy atom. The first-order valence-corrected chi connectivity index (χ1v) is 7.63. The Morgan fingerprint density at radius 2 is 2.23 bits per heavy atom.